The Morgan fingerprint density at radius 1 is 1.36 bits per heavy atom. The summed E-state index contributed by atoms with van der Waals surface area (Å²) in [7, 11) is 0. The summed E-state index contributed by atoms with van der Waals surface area (Å²) >= 11 is 0. The second-order valence-corrected chi connectivity index (χ2v) is 5.91. The molecule has 0 saturated carbocycles. The molecule has 25 heavy (non-hydrogen) atoms. The van der Waals surface area contributed by atoms with Gasteiger partial charge in [-0.05, 0) is 31.1 Å². The molecule has 2 N–H and O–H groups in total. The van der Waals surface area contributed by atoms with Crippen LogP contribution in [0.3, 0.4) is 0 Å². The Labute approximate surface area is 157 Å². The predicted octanol–water partition coefficient (Wildman–Crippen LogP) is 2.79. The number of rotatable bonds is 6. The first-order valence-electron chi connectivity index (χ1n) is 7.80. The van der Waals surface area contributed by atoms with E-state index in [0.29, 0.717) is 29.3 Å². The van der Waals surface area contributed by atoms with Crippen molar-refractivity contribution in [2.75, 3.05) is 19.6 Å². The average molecular weight is 395 g/mol. The second kappa shape index (κ2) is 9.31. The number of aromatic nitrogens is 2. The molecule has 0 aliphatic carbocycles. The van der Waals surface area contributed by atoms with Gasteiger partial charge in [0.1, 0.15) is 5.82 Å². The van der Waals surface area contributed by atoms with Crippen LogP contribution in [0.2, 0.25) is 0 Å². The van der Waals surface area contributed by atoms with E-state index in [1.165, 1.54) is 0 Å². The van der Waals surface area contributed by atoms with Crippen molar-refractivity contribution in [3.05, 3.63) is 30.1 Å². The van der Waals surface area contributed by atoms with Crippen LogP contribution >= 0.6 is 24.8 Å². The van der Waals surface area contributed by atoms with E-state index < -0.39 is 6.55 Å². The quantitative estimate of drug-likeness (QED) is 0.791. The van der Waals surface area contributed by atoms with Gasteiger partial charge in [-0.15, -0.1) is 24.8 Å². The SMILES string of the molecule is CC(C(=O)NCCc1nc2ccccc2n1C(F)F)C1CNC1.Cl.Cl. The van der Waals surface area contributed by atoms with E-state index in [0.717, 1.165) is 17.7 Å². The first-order chi connectivity index (χ1) is 11.1. The van der Waals surface area contributed by atoms with E-state index in [9.17, 15) is 13.6 Å². The van der Waals surface area contributed by atoms with Gasteiger partial charge in [0.25, 0.3) is 0 Å². The molecule has 1 unspecified atom stereocenters. The molecular weight excluding hydrogens is 373 g/mol. The fourth-order valence-corrected chi connectivity index (χ4v) is 2.83. The van der Waals surface area contributed by atoms with Crippen LogP contribution in [0.4, 0.5) is 8.78 Å². The molecule has 0 bridgehead atoms. The van der Waals surface area contributed by atoms with Gasteiger partial charge in [0, 0.05) is 18.9 Å². The summed E-state index contributed by atoms with van der Waals surface area (Å²) in [6.07, 6.45) is 0.278. The van der Waals surface area contributed by atoms with Gasteiger partial charge in [0.15, 0.2) is 0 Å². The number of hydrogen-bond donors (Lipinski definition) is 2. The number of carbonyl (C=O) groups excluding carboxylic acids is 1. The number of fused-ring (bicyclic) bond motifs is 1. The lowest BCUT2D eigenvalue weighted by molar-refractivity contribution is -0.126. The van der Waals surface area contributed by atoms with Crippen LogP contribution in [-0.2, 0) is 11.2 Å². The van der Waals surface area contributed by atoms with Crippen LogP contribution in [0, 0.1) is 11.8 Å². The maximum absolute atomic E-state index is 13.3. The predicted molar refractivity (Wildman–Crippen MR) is 97.7 cm³/mol. The molecule has 0 spiro atoms. The monoisotopic (exact) mass is 394 g/mol. The third-order valence-corrected chi connectivity index (χ3v) is 4.45. The minimum Gasteiger partial charge on any atom is -0.355 e. The Kier molecular flexibility index (Phi) is 8.05. The highest BCUT2D eigenvalue weighted by Gasteiger charge is 2.28. The van der Waals surface area contributed by atoms with Crippen molar-refractivity contribution in [3.8, 4) is 0 Å². The normalized spacial score (nSPS) is 15.2. The zero-order valence-electron chi connectivity index (χ0n) is 13.7. The van der Waals surface area contributed by atoms with Crippen molar-refractivity contribution in [1.82, 2.24) is 20.2 Å². The molecule has 1 aliphatic heterocycles. The first kappa shape index (κ1) is 21.6. The summed E-state index contributed by atoms with van der Waals surface area (Å²) in [5.74, 6) is 0.557. The highest BCUT2D eigenvalue weighted by Crippen LogP contribution is 2.23. The van der Waals surface area contributed by atoms with E-state index in [1.54, 1.807) is 24.3 Å². The van der Waals surface area contributed by atoms with Gasteiger partial charge in [-0.2, -0.15) is 8.78 Å². The number of amides is 1. The summed E-state index contributed by atoms with van der Waals surface area (Å²) in [5, 5.41) is 5.96. The van der Waals surface area contributed by atoms with Gasteiger partial charge in [-0.1, -0.05) is 19.1 Å². The lowest BCUT2D eigenvalue weighted by Crippen LogP contribution is -2.49. The Morgan fingerprint density at radius 3 is 2.64 bits per heavy atom. The van der Waals surface area contributed by atoms with Gasteiger partial charge in [-0.3, -0.25) is 9.36 Å². The average Bonchev–Trinajstić information content (AvgIpc) is 2.83. The maximum Gasteiger partial charge on any atom is 0.320 e. The molecule has 2 aromatic rings. The Bertz CT molecular complexity index is 706. The fourth-order valence-electron chi connectivity index (χ4n) is 2.83. The molecule has 5 nitrogen and oxygen atoms in total. The molecule has 3 rings (SSSR count). The molecule has 2 heterocycles. The van der Waals surface area contributed by atoms with E-state index >= 15 is 0 Å². The summed E-state index contributed by atoms with van der Waals surface area (Å²) in [6.45, 7) is 1.27. The van der Waals surface area contributed by atoms with Crippen LogP contribution in [0.5, 0.6) is 0 Å². The first-order valence-corrected chi connectivity index (χ1v) is 7.80. The number of halogens is 4. The summed E-state index contributed by atoms with van der Waals surface area (Å²) < 4.78 is 27.5. The van der Waals surface area contributed by atoms with E-state index in [-0.39, 0.29) is 43.1 Å². The topological polar surface area (TPSA) is 59.0 Å². The van der Waals surface area contributed by atoms with E-state index in [1.807, 2.05) is 6.92 Å². The number of alkyl halides is 2. The van der Waals surface area contributed by atoms with Crippen molar-refractivity contribution >= 4 is 41.8 Å². The molecule has 1 atom stereocenters. The highest BCUT2D eigenvalue weighted by atomic mass is 35.5. The van der Waals surface area contributed by atoms with E-state index in [4.69, 9.17) is 0 Å². The van der Waals surface area contributed by atoms with Gasteiger partial charge < -0.3 is 10.6 Å². The minimum atomic E-state index is -2.65. The molecule has 1 aromatic carbocycles. The zero-order chi connectivity index (χ0) is 16.4. The minimum absolute atomic E-state index is 0. The largest absolute Gasteiger partial charge is 0.355 e. The smallest absolute Gasteiger partial charge is 0.320 e. The number of imidazole rings is 1. The van der Waals surface area contributed by atoms with Crippen molar-refractivity contribution < 1.29 is 13.6 Å². The van der Waals surface area contributed by atoms with Crippen LogP contribution in [-0.4, -0.2) is 35.1 Å². The van der Waals surface area contributed by atoms with Gasteiger partial charge in [0.05, 0.1) is 11.0 Å². The number of carbonyl (C=O) groups is 1. The number of benzene rings is 1. The molecule has 1 amide bonds. The van der Waals surface area contributed by atoms with Gasteiger partial charge in [0.2, 0.25) is 5.91 Å². The van der Waals surface area contributed by atoms with Crippen molar-refractivity contribution in [1.29, 1.82) is 0 Å². The molecule has 1 aromatic heterocycles. The van der Waals surface area contributed by atoms with Crippen molar-refractivity contribution in [3.63, 3.8) is 0 Å². The number of hydrogen-bond acceptors (Lipinski definition) is 3. The van der Waals surface area contributed by atoms with Crippen molar-refractivity contribution in [2.24, 2.45) is 11.8 Å². The third-order valence-electron chi connectivity index (χ3n) is 4.45. The van der Waals surface area contributed by atoms with Crippen LogP contribution in [0.1, 0.15) is 19.3 Å². The zero-order valence-corrected chi connectivity index (χ0v) is 15.4. The number of nitrogens with zero attached hydrogens (tertiary/aromatic N) is 2. The molecule has 1 saturated heterocycles. The molecule has 1 aliphatic rings. The van der Waals surface area contributed by atoms with Gasteiger partial charge >= 0.3 is 6.55 Å². The highest BCUT2D eigenvalue weighted by molar-refractivity contribution is 5.85. The fraction of sp³-hybridized carbons (Fsp3) is 0.500. The summed E-state index contributed by atoms with van der Waals surface area (Å²) in [5.41, 5.74) is 0.959. The summed E-state index contributed by atoms with van der Waals surface area (Å²) in [6, 6.07) is 6.82. The molecule has 0 radical (unpaired) electrons. The number of para-hydroxylation sites is 2. The molecular formula is C16H22Cl2F2N4O. The lowest BCUT2D eigenvalue weighted by Gasteiger charge is -2.31. The molecule has 9 heteroatoms. The van der Waals surface area contributed by atoms with Crippen LogP contribution < -0.4 is 10.6 Å². The lowest BCUT2D eigenvalue weighted by atomic mass is 9.88. The molecule has 140 valence electrons. The Hall–Kier alpha value is -1.44. The maximum atomic E-state index is 13.3. The third kappa shape index (κ3) is 4.59. The van der Waals surface area contributed by atoms with Crippen LogP contribution in [0.15, 0.2) is 24.3 Å². The standard InChI is InChI=1S/C16H20F2N4O.2ClH/c1-10(11-8-19-9-11)15(23)20-7-6-14-21-12-4-2-3-5-13(12)22(14)16(17)18;;/h2-5,10-11,16,19H,6-9H2,1H3,(H,20,23);2*1H. The number of nitrogens with one attached hydrogen (secondary N) is 2. The second-order valence-electron chi connectivity index (χ2n) is 5.91. The summed E-state index contributed by atoms with van der Waals surface area (Å²) in [4.78, 5) is 16.3. The Balaban J connectivity index is 0.00000156. The van der Waals surface area contributed by atoms with E-state index in [2.05, 4.69) is 15.6 Å². The van der Waals surface area contributed by atoms with Crippen molar-refractivity contribution in [2.45, 2.75) is 19.9 Å². The molecule has 1 fully saturated rings. The Morgan fingerprint density at radius 2 is 2.04 bits per heavy atom. The van der Waals surface area contributed by atoms with Crippen LogP contribution in [0.25, 0.3) is 11.0 Å². The van der Waals surface area contributed by atoms with Gasteiger partial charge in [-0.25, -0.2) is 4.98 Å².